The number of benzene rings is 3. The lowest BCUT2D eigenvalue weighted by molar-refractivity contribution is -0.159. The molecule has 1 amide bonds. The summed E-state index contributed by atoms with van der Waals surface area (Å²) in [6.07, 6.45) is 5.09. The molecule has 0 unspecified atom stereocenters. The number of likely N-dealkylation sites (tertiary alicyclic amines) is 2. The van der Waals surface area contributed by atoms with Gasteiger partial charge in [0.15, 0.2) is 0 Å². The first kappa shape index (κ1) is 33.0. The second kappa shape index (κ2) is 15.7. The van der Waals surface area contributed by atoms with Gasteiger partial charge in [0.25, 0.3) is 0 Å². The molecule has 4 aromatic rings. The molecule has 3 heterocycles. The molecule has 3 aromatic carbocycles. The van der Waals surface area contributed by atoms with Crippen molar-refractivity contribution < 1.29 is 34.1 Å². The second-order valence-corrected chi connectivity index (χ2v) is 12.7. The van der Waals surface area contributed by atoms with Gasteiger partial charge in [-0.1, -0.05) is 30.3 Å². The number of nitrogens with zero attached hydrogens (tertiary/aromatic N) is 2. The zero-order valence-electron chi connectivity index (χ0n) is 26.0. The van der Waals surface area contributed by atoms with Crippen LogP contribution in [0.3, 0.4) is 0 Å². The number of hydrogen-bond donors (Lipinski definition) is 2. The van der Waals surface area contributed by atoms with Gasteiger partial charge in [0, 0.05) is 29.1 Å². The van der Waals surface area contributed by atoms with E-state index in [0.717, 1.165) is 44.0 Å². The summed E-state index contributed by atoms with van der Waals surface area (Å²) in [5, 5.41) is 16.1. The average Bonchev–Trinajstić information content (AvgIpc) is 3.82. The summed E-state index contributed by atoms with van der Waals surface area (Å²) < 4.78 is 13.4. The fraction of sp³-hybridized carbons (Fsp3) is 0.361. The summed E-state index contributed by atoms with van der Waals surface area (Å²) in [5.74, 6) is -1.63. The number of ether oxygens (including phenoxy) is 2. The summed E-state index contributed by atoms with van der Waals surface area (Å²) in [4.78, 5) is 35.9. The van der Waals surface area contributed by atoms with E-state index in [-0.39, 0.29) is 11.9 Å². The van der Waals surface area contributed by atoms with Gasteiger partial charge in [-0.15, -0.1) is 11.3 Å². The number of hydrogen-bond acceptors (Lipinski definition) is 7. The first-order valence-electron chi connectivity index (χ1n) is 15.7. The van der Waals surface area contributed by atoms with Crippen LogP contribution in [-0.2, 0) is 20.8 Å². The molecule has 2 N–H and O–H groups in total. The van der Waals surface area contributed by atoms with Gasteiger partial charge in [0.2, 0.25) is 5.91 Å². The first-order chi connectivity index (χ1) is 22.3. The van der Waals surface area contributed by atoms with E-state index in [1.165, 1.54) is 57.6 Å². The van der Waals surface area contributed by atoms with Crippen molar-refractivity contribution in [3.8, 4) is 21.9 Å². The van der Waals surface area contributed by atoms with Crippen LogP contribution in [0.5, 0.6) is 11.5 Å². The number of carbonyl (C=O) groups excluding carboxylic acids is 1. The minimum atomic E-state index is -1.82. The maximum absolute atomic E-state index is 12.0. The Morgan fingerprint density at radius 2 is 1.50 bits per heavy atom. The van der Waals surface area contributed by atoms with Crippen molar-refractivity contribution in [2.45, 2.75) is 45.1 Å². The van der Waals surface area contributed by atoms with Crippen molar-refractivity contribution in [1.82, 2.24) is 9.80 Å². The maximum atomic E-state index is 12.0. The third-order valence-electron chi connectivity index (χ3n) is 8.31. The number of rotatable bonds is 11. The van der Waals surface area contributed by atoms with Crippen LogP contribution in [-0.4, -0.2) is 83.3 Å². The van der Waals surface area contributed by atoms with E-state index in [4.69, 9.17) is 29.3 Å². The lowest BCUT2D eigenvalue weighted by atomic mass is 9.99. The van der Waals surface area contributed by atoms with E-state index in [1.807, 2.05) is 16.2 Å². The Bertz CT molecular complexity index is 1620. The molecule has 0 radical (unpaired) electrons. The van der Waals surface area contributed by atoms with Crippen molar-refractivity contribution in [2.24, 2.45) is 0 Å². The van der Waals surface area contributed by atoms with Crippen LogP contribution in [0.15, 0.2) is 72.8 Å². The van der Waals surface area contributed by atoms with Gasteiger partial charge in [-0.05, 0) is 110 Å². The van der Waals surface area contributed by atoms with Gasteiger partial charge < -0.3 is 24.6 Å². The van der Waals surface area contributed by atoms with Crippen molar-refractivity contribution in [1.29, 1.82) is 0 Å². The van der Waals surface area contributed by atoms with Gasteiger partial charge in [-0.2, -0.15) is 0 Å². The Labute approximate surface area is 273 Å². The quantitative estimate of drug-likeness (QED) is 0.186. The molecule has 46 heavy (non-hydrogen) atoms. The highest BCUT2D eigenvalue weighted by molar-refractivity contribution is 7.22. The van der Waals surface area contributed by atoms with E-state index in [2.05, 4.69) is 84.6 Å². The Balaban J connectivity index is 0.000000635. The van der Waals surface area contributed by atoms with E-state index in [9.17, 15) is 4.79 Å². The number of carbonyl (C=O) groups is 3. The predicted octanol–water partition coefficient (Wildman–Crippen LogP) is 6.18. The highest BCUT2D eigenvalue weighted by atomic mass is 32.1. The van der Waals surface area contributed by atoms with Crippen LogP contribution in [0.4, 0.5) is 0 Å². The number of thiophene rings is 1. The van der Waals surface area contributed by atoms with Crippen molar-refractivity contribution >= 4 is 39.3 Å². The zero-order valence-corrected chi connectivity index (χ0v) is 26.8. The molecule has 1 aromatic heterocycles. The molecule has 1 atom stereocenters. The van der Waals surface area contributed by atoms with Crippen LogP contribution in [0.2, 0.25) is 0 Å². The molecule has 2 saturated heterocycles. The number of amides is 1. The third-order valence-corrected chi connectivity index (χ3v) is 9.57. The number of fused-ring (bicyclic) bond motifs is 1. The minimum absolute atomic E-state index is 0.0938. The van der Waals surface area contributed by atoms with Crippen molar-refractivity contribution in [2.75, 3.05) is 39.4 Å². The Hall–Kier alpha value is -4.41. The van der Waals surface area contributed by atoms with Crippen LogP contribution in [0.1, 0.15) is 43.7 Å². The van der Waals surface area contributed by atoms with E-state index < -0.39 is 11.9 Å². The second-order valence-electron chi connectivity index (χ2n) is 11.6. The van der Waals surface area contributed by atoms with Gasteiger partial charge in [-0.25, -0.2) is 9.59 Å². The fourth-order valence-electron chi connectivity index (χ4n) is 5.86. The Morgan fingerprint density at radius 1 is 0.848 bits per heavy atom. The highest BCUT2D eigenvalue weighted by Gasteiger charge is 2.25. The minimum Gasteiger partial charge on any atom is -0.492 e. The van der Waals surface area contributed by atoms with Crippen LogP contribution >= 0.6 is 11.3 Å². The first-order valence-corrected chi connectivity index (χ1v) is 16.5. The molecule has 0 saturated carbocycles. The number of aliphatic carboxylic acids is 2. The summed E-state index contributed by atoms with van der Waals surface area (Å²) in [6.45, 7) is 7.57. The van der Waals surface area contributed by atoms with Gasteiger partial charge in [-0.3, -0.25) is 9.69 Å². The predicted molar refractivity (Wildman–Crippen MR) is 179 cm³/mol. The zero-order chi connectivity index (χ0) is 32.5. The van der Waals surface area contributed by atoms with Crippen molar-refractivity contribution in [3.63, 3.8) is 0 Å². The molecule has 2 aliphatic rings. The molecule has 10 heteroatoms. The smallest absolute Gasteiger partial charge is 0.414 e. The van der Waals surface area contributed by atoms with Crippen LogP contribution < -0.4 is 9.47 Å². The SMILES string of the molecule is C[C@@H](COc1ccc(Cc2c(-c3ccc(OCCN4CCCC4)cc3)sc3ccccc23)cc1)N1CCCC1=O.O=C(O)C(=O)O. The standard InChI is InChI=1S/C34H38N2O3S.C2H2O4/c1-25(36-20-6-9-33(36)37)24-39-29-14-10-26(11-15-29)23-31-30-7-2-3-8-32(30)40-34(31)27-12-16-28(17-13-27)38-22-21-35-18-4-5-19-35;3-1(4)2(5)6/h2-3,7-8,10-17,25H,4-6,9,18-24H2,1H3;(H,3,4)(H,5,6)/t25-;/m0./s1. The third kappa shape index (κ3) is 8.64. The average molecular weight is 645 g/mol. The Morgan fingerprint density at radius 3 is 2.15 bits per heavy atom. The molecule has 0 aliphatic carbocycles. The summed E-state index contributed by atoms with van der Waals surface area (Å²) in [7, 11) is 0. The number of carboxylic acid groups (broad SMARTS) is 2. The van der Waals surface area contributed by atoms with Gasteiger partial charge in [0.05, 0.1) is 6.04 Å². The maximum Gasteiger partial charge on any atom is 0.414 e. The number of carboxylic acids is 2. The van der Waals surface area contributed by atoms with Crippen molar-refractivity contribution in [3.05, 3.63) is 83.9 Å². The lowest BCUT2D eigenvalue weighted by Gasteiger charge is -2.24. The van der Waals surface area contributed by atoms with Gasteiger partial charge in [0.1, 0.15) is 24.7 Å². The van der Waals surface area contributed by atoms with Crippen LogP contribution in [0.25, 0.3) is 20.5 Å². The van der Waals surface area contributed by atoms with Crippen LogP contribution in [0, 0.1) is 0 Å². The largest absolute Gasteiger partial charge is 0.492 e. The molecule has 9 nitrogen and oxygen atoms in total. The van der Waals surface area contributed by atoms with E-state index in [0.29, 0.717) is 13.0 Å². The lowest BCUT2D eigenvalue weighted by Crippen LogP contribution is -2.38. The molecule has 0 spiro atoms. The van der Waals surface area contributed by atoms with Gasteiger partial charge >= 0.3 is 11.9 Å². The molecule has 6 rings (SSSR count). The molecule has 2 fully saturated rings. The molecule has 242 valence electrons. The summed E-state index contributed by atoms with van der Waals surface area (Å²) in [5.41, 5.74) is 3.84. The molecular weight excluding hydrogens is 604 g/mol. The monoisotopic (exact) mass is 644 g/mol. The fourth-order valence-corrected chi connectivity index (χ4v) is 7.09. The normalized spacial score (nSPS) is 15.4. The summed E-state index contributed by atoms with van der Waals surface area (Å²) in [6, 6.07) is 25.8. The molecular formula is C36H40N2O7S. The molecule has 0 bridgehead atoms. The summed E-state index contributed by atoms with van der Waals surface area (Å²) >= 11 is 1.86. The topological polar surface area (TPSA) is 117 Å². The molecule has 2 aliphatic heterocycles. The highest BCUT2D eigenvalue weighted by Crippen LogP contribution is 2.40. The van der Waals surface area contributed by atoms with E-state index >= 15 is 0 Å². The Kier molecular flexibility index (Phi) is 11.3. The van der Waals surface area contributed by atoms with E-state index in [1.54, 1.807) is 0 Å².